The normalized spacial score (nSPS) is 11.0. The van der Waals surface area contributed by atoms with E-state index in [0.717, 1.165) is 17.7 Å². The van der Waals surface area contributed by atoms with Gasteiger partial charge in [0, 0.05) is 11.4 Å². The van der Waals surface area contributed by atoms with Crippen molar-refractivity contribution in [3.63, 3.8) is 0 Å². The number of hydrogen-bond acceptors (Lipinski definition) is 8. The summed E-state index contributed by atoms with van der Waals surface area (Å²) in [6, 6.07) is 7.33. The summed E-state index contributed by atoms with van der Waals surface area (Å²) in [6.07, 6.45) is 1.59. The molecule has 10 heteroatoms. The summed E-state index contributed by atoms with van der Waals surface area (Å²) in [5.41, 5.74) is 0. The Hall–Kier alpha value is -2.56. The van der Waals surface area contributed by atoms with E-state index in [-0.39, 0.29) is 12.5 Å². The van der Waals surface area contributed by atoms with Gasteiger partial charge in [0.2, 0.25) is 11.8 Å². The Balaban J connectivity index is 1.45. The van der Waals surface area contributed by atoms with Crippen molar-refractivity contribution >= 4 is 34.6 Å². The van der Waals surface area contributed by atoms with Crippen molar-refractivity contribution < 1.29 is 14.0 Å². The van der Waals surface area contributed by atoms with E-state index in [9.17, 15) is 9.59 Å². The van der Waals surface area contributed by atoms with E-state index in [2.05, 4.69) is 20.8 Å². The predicted molar refractivity (Wildman–Crippen MR) is 113 cm³/mol. The zero-order valence-corrected chi connectivity index (χ0v) is 17.7. The van der Waals surface area contributed by atoms with Gasteiger partial charge in [-0.3, -0.25) is 15.0 Å². The van der Waals surface area contributed by atoms with Crippen LogP contribution in [0.4, 0.5) is 4.79 Å². The first-order chi connectivity index (χ1) is 14.1. The van der Waals surface area contributed by atoms with E-state index in [0.29, 0.717) is 31.4 Å². The molecule has 0 unspecified atom stereocenters. The summed E-state index contributed by atoms with van der Waals surface area (Å²) in [5, 5.41) is 17.1. The standard InChI is InChI=1S/C19H23N5O3S2/c1-2-9-24(13-17-22-23-18(27-17)15-6-4-11-29-15)12-16(25)21-19(26)20-8-7-14-5-3-10-28-14/h3-6,10-11H,2,7-9,12-13H2,1H3,(H2,20,21,25,26). The third-order valence-corrected chi connectivity index (χ3v) is 5.75. The molecule has 0 aliphatic carbocycles. The lowest BCUT2D eigenvalue weighted by molar-refractivity contribution is -0.121. The maximum atomic E-state index is 12.2. The van der Waals surface area contributed by atoms with E-state index in [1.807, 2.05) is 46.8 Å². The number of imide groups is 1. The number of aromatic nitrogens is 2. The van der Waals surface area contributed by atoms with Gasteiger partial charge in [-0.1, -0.05) is 19.1 Å². The molecule has 3 heterocycles. The molecule has 0 radical (unpaired) electrons. The van der Waals surface area contributed by atoms with Crippen LogP contribution in [0.1, 0.15) is 24.1 Å². The average Bonchev–Trinajstić information content (AvgIpc) is 3.44. The van der Waals surface area contributed by atoms with Crippen molar-refractivity contribution in [3.05, 3.63) is 45.8 Å². The summed E-state index contributed by atoms with van der Waals surface area (Å²) in [7, 11) is 0. The van der Waals surface area contributed by atoms with Gasteiger partial charge in [0.15, 0.2) is 0 Å². The number of carbonyl (C=O) groups is 2. The van der Waals surface area contributed by atoms with Gasteiger partial charge in [-0.15, -0.1) is 32.9 Å². The molecular formula is C19H23N5O3S2. The third kappa shape index (κ3) is 6.77. The molecule has 3 aromatic heterocycles. The molecule has 29 heavy (non-hydrogen) atoms. The molecule has 0 bridgehead atoms. The highest BCUT2D eigenvalue weighted by Crippen LogP contribution is 2.23. The van der Waals surface area contributed by atoms with Crippen LogP contribution in [0, 0.1) is 0 Å². The molecule has 3 aromatic rings. The number of hydrogen-bond donors (Lipinski definition) is 2. The molecule has 0 aliphatic rings. The average molecular weight is 434 g/mol. The fourth-order valence-corrected chi connectivity index (χ4v) is 4.06. The fraction of sp³-hybridized carbons (Fsp3) is 0.368. The lowest BCUT2D eigenvalue weighted by Gasteiger charge is -2.18. The number of thiophene rings is 2. The maximum absolute atomic E-state index is 12.2. The summed E-state index contributed by atoms with van der Waals surface area (Å²) in [6.45, 7) is 3.59. The number of nitrogens with zero attached hydrogens (tertiary/aromatic N) is 3. The molecule has 8 nitrogen and oxygen atoms in total. The Bertz CT molecular complexity index is 893. The first-order valence-corrected chi connectivity index (χ1v) is 11.1. The van der Waals surface area contributed by atoms with E-state index >= 15 is 0 Å². The Labute approximate surface area is 176 Å². The predicted octanol–water partition coefficient (Wildman–Crippen LogP) is 3.14. The molecule has 0 saturated carbocycles. The van der Waals surface area contributed by atoms with Gasteiger partial charge in [0.1, 0.15) is 0 Å². The van der Waals surface area contributed by atoms with Crippen molar-refractivity contribution in [2.45, 2.75) is 26.3 Å². The van der Waals surface area contributed by atoms with Crippen LogP contribution in [-0.4, -0.2) is 46.7 Å². The monoisotopic (exact) mass is 433 g/mol. The van der Waals surface area contributed by atoms with Gasteiger partial charge >= 0.3 is 6.03 Å². The van der Waals surface area contributed by atoms with Crippen LogP contribution >= 0.6 is 22.7 Å². The van der Waals surface area contributed by atoms with Crippen molar-refractivity contribution in [3.8, 4) is 10.8 Å². The minimum atomic E-state index is -0.485. The molecule has 0 fully saturated rings. The van der Waals surface area contributed by atoms with Gasteiger partial charge in [-0.05, 0) is 42.3 Å². The largest absolute Gasteiger partial charge is 0.419 e. The second-order valence-corrected chi connectivity index (χ2v) is 8.30. The second-order valence-electron chi connectivity index (χ2n) is 6.32. The summed E-state index contributed by atoms with van der Waals surface area (Å²) in [4.78, 5) is 28.1. The number of urea groups is 1. The highest BCUT2D eigenvalue weighted by Gasteiger charge is 2.17. The Morgan fingerprint density at radius 3 is 2.72 bits per heavy atom. The zero-order valence-electron chi connectivity index (χ0n) is 16.1. The first-order valence-electron chi connectivity index (χ1n) is 9.32. The van der Waals surface area contributed by atoms with Crippen LogP contribution in [0.2, 0.25) is 0 Å². The van der Waals surface area contributed by atoms with Gasteiger partial charge < -0.3 is 9.73 Å². The van der Waals surface area contributed by atoms with Crippen molar-refractivity contribution in [2.24, 2.45) is 0 Å². The molecule has 0 spiro atoms. The van der Waals surface area contributed by atoms with Crippen molar-refractivity contribution in [1.29, 1.82) is 0 Å². The quantitative estimate of drug-likeness (QED) is 0.509. The number of amides is 3. The van der Waals surface area contributed by atoms with Crippen LogP contribution in [0.15, 0.2) is 39.4 Å². The minimum Gasteiger partial charge on any atom is -0.419 e. The van der Waals surface area contributed by atoms with E-state index in [1.54, 1.807) is 11.3 Å². The van der Waals surface area contributed by atoms with E-state index in [4.69, 9.17) is 4.42 Å². The van der Waals surface area contributed by atoms with Gasteiger partial charge in [0.05, 0.1) is 18.0 Å². The summed E-state index contributed by atoms with van der Waals surface area (Å²) >= 11 is 3.16. The van der Waals surface area contributed by atoms with Crippen LogP contribution in [0.25, 0.3) is 10.8 Å². The third-order valence-electron chi connectivity index (χ3n) is 3.95. The number of nitrogens with one attached hydrogen (secondary N) is 2. The fourth-order valence-electron chi connectivity index (χ4n) is 2.71. The highest BCUT2D eigenvalue weighted by atomic mass is 32.1. The molecule has 3 amide bonds. The first kappa shape index (κ1) is 21.2. The summed E-state index contributed by atoms with van der Waals surface area (Å²) in [5.74, 6) is 0.543. The molecule has 2 N–H and O–H groups in total. The van der Waals surface area contributed by atoms with Crippen LogP contribution in [0.3, 0.4) is 0 Å². The molecule has 0 aliphatic heterocycles. The lowest BCUT2D eigenvalue weighted by atomic mass is 10.3. The summed E-state index contributed by atoms with van der Waals surface area (Å²) < 4.78 is 5.69. The number of rotatable bonds is 10. The Morgan fingerprint density at radius 2 is 2.00 bits per heavy atom. The molecule has 0 atom stereocenters. The SMILES string of the molecule is CCCN(CC(=O)NC(=O)NCCc1cccs1)Cc1nnc(-c2cccs2)o1. The van der Waals surface area contributed by atoms with Crippen LogP contribution in [-0.2, 0) is 17.8 Å². The molecule has 0 aromatic carbocycles. The van der Waals surface area contributed by atoms with E-state index < -0.39 is 6.03 Å². The smallest absolute Gasteiger partial charge is 0.321 e. The molecule has 3 rings (SSSR count). The lowest BCUT2D eigenvalue weighted by Crippen LogP contribution is -2.45. The topological polar surface area (TPSA) is 100 Å². The van der Waals surface area contributed by atoms with Crippen molar-refractivity contribution in [1.82, 2.24) is 25.7 Å². The van der Waals surface area contributed by atoms with Crippen molar-refractivity contribution in [2.75, 3.05) is 19.6 Å². The van der Waals surface area contributed by atoms with Gasteiger partial charge in [0.25, 0.3) is 5.89 Å². The van der Waals surface area contributed by atoms with E-state index in [1.165, 1.54) is 16.2 Å². The van der Waals surface area contributed by atoms with Gasteiger partial charge in [-0.25, -0.2) is 4.79 Å². The minimum absolute atomic E-state index is 0.0723. The highest BCUT2D eigenvalue weighted by molar-refractivity contribution is 7.13. The van der Waals surface area contributed by atoms with Crippen LogP contribution in [0.5, 0.6) is 0 Å². The Kier molecular flexibility index (Phi) is 7.91. The molecule has 0 saturated heterocycles. The zero-order chi connectivity index (χ0) is 20.5. The molecule has 154 valence electrons. The number of carbonyl (C=O) groups excluding carboxylic acids is 2. The molecular weight excluding hydrogens is 410 g/mol. The van der Waals surface area contributed by atoms with Gasteiger partial charge in [-0.2, -0.15) is 0 Å². The Morgan fingerprint density at radius 1 is 1.17 bits per heavy atom. The maximum Gasteiger partial charge on any atom is 0.321 e. The second kappa shape index (κ2) is 10.8. The van der Waals surface area contributed by atoms with Crippen LogP contribution < -0.4 is 10.6 Å².